The average molecular weight is 807 g/mol. The summed E-state index contributed by atoms with van der Waals surface area (Å²) in [7, 11) is 0. The van der Waals surface area contributed by atoms with Gasteiger partial charge in [-0.15, -0.1) is 0 Å². The van der Waals surface area contributed by atoms with Gasteiger partial charge in [-0.2, -0.15) is 0 Å². The third-order valence-electron chi connectivity index (χ3n) is 9.64. The Morgan fingerprint density at radius 1 is 0.379 bits per heavy atom. The summed E-state index contributed by atoms with van der Waals surface area (Å²) in [5.41, 5.74) is 0. The van der Waals surface area contributed by atoms with E-state index in [4.69, 9.17) is 14.2 Å². The first-order chi connectivity index (χ1) is 28.5. The zero-order valence-corrected chi connectivity index (χ0v) is 37.5. The highest BCUT2D eigenvalue weighted by Gasteiger charge is 2.19. The molecule has 58 heavy (non-hydrogen) atoms. The van der Waals surface area contributed by atoms with Crippen molar-refractivity contribution in [3.8, 4) is 0 Å². The molecule has 0 fully saturated rings. The highest BCUT2D eigenvalue weighted by molar-refractivity contribution is 5.71. The second kappa shape index (κ2) is 46.3. The molecule has 0 aromatic heterocycles. The van der Waals surface area contributed by atoms with Crippen molar-refractivity contribution in [2.45, 2.75) is 213 Å². The quantitative estimate of drug-likeness (QED) is 0.0201. The Morgan fingerprint density at radius 3 is 1.19 bits per heavy atom. The minimum Gasteiger partial charge on any atom is -0.462 e. The van der Waals surface area contributed by atoms with Gasteiger partial charge < -0.3 is 14.2 Å². The largest absolute Gasteiger partial charge is 0.462 e. The molecule has 0 aliphatic heterocycles. The Labute approximate surface area is 356 Å². The minimum absolute atomic E-state index is 0.0998. The van der Waals surface area contributed by atoms with Gasteiger partial charge in [-0.05, 0) is 103 Å². The van der Waals surface area contributed by atoms with Gasteiger partial charge in [0.25, 0.3) is 0 Å². The van der Waals surface area contributed by atoms with E-state index in [1.807, 2.05) is 0 Å². The van der Waals surface area contributed by atoms with E-state index < -0.39 is 6.10 Å². The van der Waals surface area contributed by atoms with Crippen LogP contribution in [0, 0.1) is 0 Å². The van der Waals surface area contributed by atoms with Gasteiger partial charge in [-0.1, -0.05) is 170 Å². The first-order valence-electron chi connectivity index (χ1n) is 23.6. The highest BCUT2D eigenvalue weighted by atomic mass is 16.6. The molecule has 1 unspecified atom stereocenters. The Morgan fingerprint density at radius 2 is 0.724 bits per heavy atom. The van der Waals surface area contributed by atoms with Gasteiger partial charge in [-0.3, -0.25) is 14.4 Å². The molecule has 1 atom stereocenters. The summed E-state index contributed by atoms with van der Waals surface area (Å²) in [6.07, 6.45) is 58.6. The van der Waals surface area contributed by atoms with Crippen molar-refractivity contribution in [1.29, 1.82) is 0 Å². The van der Waals surface area contributed by atoms with Crippen LogP contribution in [0.15, 0.2) is 85.1 Å². The Bertz CT molecular complexity index is 1160. The van der Waals surface area contributed by atoms with E-state index in [0.29, 0.717) is 19.3 Å². The monoisotopic (exact) mass is 807 g/mol. The van der Waals surface area contributed by atoms with Gasteiger partial charge in [0.05, 0.1) is 0 Å². The molecule has 0 rings (SSSR count). The number of ether oxygens (including phenoxy) is 3. The van der Waals surface area contributed by atoms with Gasteiger partial charge >= 0.3 is 17.9 Å². The fourth-order valence-electron chi connectivity index (χ4n) is 6.13. The predicted molar refractivity (Wildman–Crippen MR) is 247 cm³/mol. The van der Waals surface area contributed by atoms with Crippen LogP contribution in [0.2, 0.25) is 0 Å². The van der Waals surface area contributed by atoms with E-state index in [1.165, 1.54) is 51.4 Å². The molecule has 6 heteroatoms. The molecular weight excluding hydrogens is 721 g/mol. The molecule has 0 N–H and O–H groups in total. The highest BCUT2D eigenvalue weighted by Crippen LogP contribution is 2.13. The number of carbonyl (C=O) groups excluding carboxylic acids is 3. The number of rotatable bonds is 41. The third kappa shape index (κ3) is 43.7. The molecule has 6 nitrogen and oxygen atoms in total. The number of unbranched alkanes of at least 4 members (excludes halogenated alkanes) is 17. The summed E-state index contributed by atoms with van der Waals surface area (Å²) in [6, 6.07) is 0. The van der Waals surface area contributed by atoms with Crippen LogP contribution in [-0.4, -0.2) is 37.2 Å². The number of hydrogen-bond donors (Lipinski definition) is 0. The number of carbonyl (C=O) groups is 3. The molecule has 0 bridgehead atoms. The molecule has 0 heterocycles. The van der Waals surface area contributed by atoms with Crippen LogP contribution in [0.5, 0.6) is 0 Å². The smallest absolute Gasteiger partial charge is 0.306 e. The van der Waals surface area contributed by atoms with Crippen LogP contribution in [-0.2, 0) is 28.6 Å². The second-order valence-electron chi connectivity index (χ2n) is 15.3. The summed E-state index contributed by atoms with van der Waals surface area (Å²) < 4.78 is 16.7. The van der Waals surface area contributed by atoms with Gasteiger partial charge in [0.2, 0.25) is 0 Å². The fraction of sp³-hybridized carbons (Fsp3) is 0.673. The van der Waals surface area contributed by atoms with Crippen molar-refractivity contribution in [3.63, 3.8) is 0 Å². The Balaban J connectivity index is 4.42. The molecule has 0 aromatic carbocycles. The first-order valence-corrected chi connectivity index (χ1v) is 23.6. The number of hydrogen-bond acceptors (Lipinski definition) is 6. The second-order valence-corrected chi connectivity index (χ2v) is 15.3. The number of esters is 3. The zero-order valence-electron chi connectivity index (χ0n) is 37.5. The van der Waals surface area contributed by atoms with Crippen LogP contribution >= 0.6 is 0 Å². The standard InChI is InChI=1S/C52H86O6/c1-4-7-10-13-16-19-21-23-25-27-28-30-33-36-39-42-45-51(54)57-48-49(47-56-50(53)44-41-38-35-32-18-15-12-9-6-3)58-52(55)46-43-40-37-34-31-29-26-24-22-20-17-14-11-8-5-2/h7,9-10,12,16-20,22-25,32,49H,4-6,8,11,13-15,21,26-31,33-48H2,1-3H3/b10-7-,12-9-,19-16-,20-17-,24-22-,25-23-,32-18-. The number of allylic oxidation sites excluding steroid dienone is 14. The van der Waals surface area contributed by atoms with Crippen molar-refractivity contribution >= 4 is 17.9 Å². The Hall–Kier alpha value is -3.41. The van der Waals surface area contributed by atoms with E-state index in [-0.39, 0.29) is 31.1 Å². The lowest BCUT2D eigenvalue weighted by Crippen LogP contribution is -2.30. The fourth-order valence-corrected chi connectivity index (χ4v) is 6.13. The first kappa shape index (κ1) is 54.6. The van der Waals surface area contributed by atoms with Crippen LogP contribution < -0.4 is 0 Å². The molecule has 0 aromatic rings. The maximum atomic E-state index is 12.7. The summed E-state index contributed by atoms with van der Waals surface area (Å²) in [6.45, 7) is 6.30. The minimum atomic E-state index is -0.799. The van der Waals surface area contributed by atoms with E-state index in [1.54, 1.807) is 0 Å². The molecule has 0 saturated heterocycles. The van der Waals surface area contributed by atoms with Crippen molar-refractivity contribution in [2.24, 2.45) is 0 Å². The summed E-state index contributed by atoms with van der Waals surface area (Å²) >= 11 is 0. The molecule has 0 saturated carbocycles. The molecule has 0 aliphatic rings. The lowest BCUT2D eigenvalue weighted by molar-refractivity contribution is -0.167. The van der Waals surface area contributed by atoms with Crippen LogP contribution in [0.4, 0.5) is 0 Å². The van der Waals surface area contributed by atoms with Crippen molar-refractivity contribution < 1.29 is 28.6 Å². The Kier molecular flexibility index (Phi) is 43.6. The summed E-state index contributed by atoms with van der Waals surface area (Å²) in [4.78, 5) is 37.8. The normalized spacial score (nSPS) is 12.8. The SMILES string of the molecule is CC/C=C\C/C=C\C/C=C\CCCCCCCCC(=O)OCC(COC(=O)CCCC/C=C\C/C=C\CC)OC(=O)CCCCCCCC/C=C\C=C/CCCCC. The van der Waals surface area contributed by atoms with Crippen molar-refractivity contribution in [1.82, 2.24) is 0 Å². The summed E-state index contributed by atoms with van der Waals surface area (Å²) in [5.74, 6) is -0.968. The van der Waals surface area contributed by atoms with E-state index in [9.17, 15) is 14.4 Å². The van der Waals surface area contributed by atoms with Crippen LogP contribution in [0.3, 0.4) is 0 Å². The zero-order chi connectivity index (χ0) is 42.3. The molecule has 0 radical (unpaired) electrons. The molecule has 0 aliphatic carbocycles. The van der Waals surface area contributed by atoms with Gasteiger partial charge in [-0.25, -0.2) is 0 Å². The van der Waals surface area contributed by atoms with E-state index in [0.717, 1.165) is 116 Å². The lowest BCUT2D eigenvalue weighted by Gasteiger charge is -2.18. The maximum Gasteiger partial charge on any atom is 0.306 e. The van der Waals surface area contributed by atoms with Gasteiger partial charge in [0, 0.05) is 19.3 Å². The van der Waals surface area contributed by atoms with E-state index in [2.05, 4.69) is 106 Å². The van der Waals surface area contributed by atoms with Crippen molar-refractivity contribution in [3.05, 3.63) is 85.1 Å². The average Bonchev–Trinajstić information content (AvgIpc) is 3.22. The molecule has 0 amide bonds. The third-order valence-corrected chi connectivity index (χ3v) is 9.64. The van der Waals surface area contributed by atoms with E-state index >= 15 is 0 Å². The predicted octanol–water partition coefficient (Wildman–Crippen LogP) is 15.3. The van der Waals surface area contributed by atoms with Crippen LogP contribution in [0.25, 0.3) is 0 Å². The molecule has 330 valence electrons. The van der Waals surface area contributed by atoms with Gasteiger partial charge in [0.1, 0.15) is 13.2 Å². The summed E-state index contributed by atoms with van der Waals surface area (Å²) in [5, 5.41) is 0. The molecular formula is C52H86O6. The van der Waals surface area contributed by atoms with Crippen LogP contribution in [0.1, 0.15) is 207 Å². The maximum absolute atomic E-state index is 12.7. The van der Waals surface area contributed by atoms with Gasteiger partial charge in [0.15, 0.2) is 6.10 Å². The topological polar surface area (TPSA) is 78.9 Å². The molecule has 0 spiro atoms. The lowest BCUT2D eigenvalue weighted by atomic mass is 10.1. The van der Waals surface area contributed by atoms with Crippen molar-refractivity contribution in [2.75, 3.05) is 13.2 Å².